The van der Waals surface area contributed by atoms with Crippen molar-refractivity contribution in [1.82, 2.24) is 4.98 Å². The molecule has 0 unspecified atom stereocenters. The van der Waals surface area contributed by atoms with Crippen molar-refractivity contribution in [2.45, 2.75) is 32.7 Å². The van der Waals surface area contributed by atoms with Gasteiger partial charge in [-0.1, -0.05) is 6.92 Å². The lowest BCUT2D eigenvalue weighted by Crippen LogP contribution is -2.35. The molecule has 0 aliphatic heterocycles. The third-order valence-electron chi connectivity index (χ3n) is 1.87. The van der Waals surface area contributed by atoms with E-state index < -0.39 is 0 Å². The van der Waals surface area contributed by atoms with Crippen LogP contribution in [0.2, 0.25) is 0 Å². The standard InChI is InChI=1S/C9H13N3/c1-2-9-11-6-8-12(9)7-4-3-5-10/h6,8H,2-4,7H2,1H3/p+1. The van der Waals surface area contributed by atoms with Gasteiger partial charge >= 0.3 is 0 Å². The highest BCUT2D eigenvalue weighted by Gasteiger charge is 2.05. The van der Waals surface area contributed by atoms with Gasteiger partial charge in [0.25, 0.3) is 5.82 Å². The second-order valence-electron chi connectivity index (χ2n) is 2.72. The van der Waals surface area contributed by atoms with E-state index in [1.165, 1.54) is 5.82 Å². The van der Waals surface area contributed by atoms with Crippen molar-refractivity contribution in [1.29, 1.82) is 5.26 Å². The lowest BCUT2D eigenvalue weighted by Gasteiger charge is -1.95. The maximum Gasteiger partial charge on any atom is 0.253 e. The van der Waals surface area contributed by atoms with E-state index in [-0.39, 0.29) is 0 Å². The minimum absolute atomic E-state index is 0.640. The molecule has 0 radical (unpaired) electrons. The molecule has 0 saturated heterocycles. The quantitative estimate of drug-likeness (QED) is 0.527. The zero-order chi connectivity index (χ0) is 8.81. The average molecular weight is 164 g/mol. The number of nitrogens with one attached hydrogen (secondary N) is 1. The van der Waals surface area contributed by atoms with E-state index in [1.807, 2.05) is 12.4 Å². The molecule has 1 heterocycles. The van der Waals surface area contributed by atoms with Crippen molar-refractivity contribution in [2.24, 2.45) is 0 Å². The Balaban J connectivity index is 2.46. The van der Waals surface area contributed by atoms with Gasteiger partial charge in [0.2, 0.25) is 0 Å². The van der Waals surface area contributed by atoms with Gasteiger partial charge in [-0.25, -0.2) is 9.55 Å². The fourth-order valence-corrected chi connectivity index (χ4v) is 1.24. The summed E-state index contributed by atoms with van der Waals surface area (Å²) in [5.74, 6) is 1.23. The summed E-state index contributed by atoms with van der Waals surface area (Å²) in [6.45, 7) is 3.06. The molecule has 1 aromatic rings. The molecular formula is C9H14N3+. The molecule has 0 aliphatic rings. The minimum Gasteiger partial charge on any atom is -0.248 e. The number of nitriles is 1. The molecule has 0 aliphatic carbocycles. The molecule has 3 nitrogen and oxygen atoms in total. The van der Waals surface area contributed by atoms with E-state index in [4.69, 9.17) is 5.26 Å². The van der Waals surface area contributed by atoms with Crippen LogP contribution in [0.3, 0.4) is 0 Å². The molecule has 0 bridgehead atoms. The van der Waals surface area contributed by atoms with Gasteiger partial charge in [0.05, 0.1) is 12.6 Å². The van der Waals surface area contributed by atoms with E-state index in [2.05, 4.69) is 22.5 Å². The molecule has 0 spiro atoms. The van der Waals surface area contributed by atoms with E-state index >= 15 is 0 Å². The predicted molar refractivity (Wildman–Crippen MR) is 45.2 cm³/mol. The third-order valence-corrected chi connectivity index (χ3v) is 1.87. The van der Waals surface area contributed by atoms with Crippen LogP contribution in [0.1, 0.15) is 25.6 Å². The summed E-state index contributed by atoms with van der Waals surface area (Å²) in [5.41, 5.74) is 0. The van der Waals surface area contributed by atoms with Crippen molar-refractivity contribution >= 4 is 0 Å². The maximum atomic E-state index is 8.35. The number of hydrogen-bond acceptors (Lipinski definition) is 1. The monoisotopic (exact) mass is 164 g/mol. The number of H-pyrrole nitrogens is 1. The lowest BCUT2D eigenvalue weighted by molar-refractivity contribution is -0.703. The third kappa shape index (κ3) is 2.09. The molecule has 1 aromatic heterocycles. The van der Waals surface area contributed by atoms with E-state index in [1.54, 1.807) is 0 Å². The first-order valence-corrected chi connectivity index (χ1v) is 4.31. The van der Waals surface area contributed by atoms with Gasteiger partial charge < -0.3 is 0 Å². The van der Waals surface area contributed by atoms with E-state index in [9.17, 15) is 0 Å². The first-order valence-electron chi connectivity index (χ1n) is 4.31. The lowest BCUT2D eigenvalue weighted by atomic mass is 10.3. The van der Waals surface area contributed by atoms with Gasteiger partial charge in [-0.2, -0.15) is 5.26 Å². The van der Waals surface area contributed by atoms with Crippen LogP contribution in [0.5, 0.6) is 0 Å². The normalized spacial score (nSPS) is 9.67. The molecular weight excluding hydrogens is 150 g/mol. The Hall–Kier alpha value is -1.30. The topological polar surface area (TPSA) is 43.5 Å². The SMILES string of the molecule is CCc1[nH]cc[n+]1CCCC#N. The van der Waals surface area contributed by atoms with Gasteiger partial charge in [-0.3, -0.25) is 0 Å². The highest BCUT2D eigenvalue weighted by Crippen LogP contribution is 1.91. The van der Waals surface area contributed by atoms with E-state index in [0.717, 1.165) is 19.4 Å². The van der Waals surface area contributed by atoms with Crippen LogP contribution in [0.25, 0.3) is 0 Å². The zero-order valence-corrected chi connectivity index (χ0v) is 7.38. The first kappa shape index (κ1) is 8.79. The summed E-state index contributed by atoms with van der Waals surface area (Å²) < 4.78 is 2.16. The van der Waals surface area contributed by atoms with Crippen molar-refractivity contribution in [3.05, 3.63) is 18.2 Å². The van der Waals surface area contributed by atoms with Gasteiger partial charge in [-0.15, -0.1) is 0 Å². The molecule has 0 atom stereocenters. The summed E-state index contributed by atoms with van der Waals surface area (Å²) >= 11 is 0. The number of unbranched alkanes of at least 4 members (excludes halogenated alkanes) is 1. The van der Waals surface area contributed by atoms with Gasteiger partial charge in [0, 0.05) is 12.8 Å². The molecule has 1 N–H and O–H groups in total. The second kappa shape index (κ2) is 4.55. The number of imidazole rings is 1. The Labute approximate surface area is 72.7 Å². The summed E-state index contributed by atoms with van der Waals surface area (Å²) in [4.78, 5) is 3.16. The summed E-state index contributed by atoms with van der Waals surface area (Å²) in [6.07, 6.45) is 6.55. The van der Waals surface area contributed by atoms with Crippen molar-refractivity contribution in [3.8, 4) is 6.07 Å². The van der Waals surface area contributed by atoms with E-state index in [0.29, 0.717) is 6.42 Å². The Kier molecular flexibility index (Phi) is 3.34. The van der Waals surface area contributed by atoms with Crippen LogP contribution in [0, 0.1) is 11.3 Å². The molecule has 0 fully saturated rings. The molecule has 12 heavy (non-hydrogen) atoms. The van der Waals surface area contributed by atoms with Crippen LogP contribution < -0.4 is 4.57 Å². The van der Waals surface area contributed by atoms with Crippen LogP contribution in [-0.2, 0) is 13.0 Å². The number of aryl methyl sites for hydroxylation is 2. The number of rotatable bonds is 4. The van der Waals surface area contributed by atoms with Crippen LogP contribution in [-0.4, -0.2) is 4.98 Å². The summed E-state index contributed by atoms with van der Waals surface area (Å²) in [5, 5.41) is 8.35. The van der Waals surface area contributed by atoms with Crippen molar-refractivity contribution in [2.75, 3.05) is 0 Å². The average Bonchev–Trinajstić information content (AvgIpc) is 2.52. The van der Waals surface area contributed by atoms with Crippen LogP contribution in [0.4, 0.5) is 0 Å². The first-order chi connectivity index (χ1) is 5.88. The van der Waals surface area contributed by atoms with Crippen molar-refractivity contribution in [3.63, 3.8) is 0 Å². The molecule has 0 saturated carbocycles. The van der Waals surface area contributed by atoms with Gasteiger partial charge in [0.1, 0.15) is 12.4 Å². The second-order valence-corrected chi connectivity index (χ2v) is 2.72. The predicted octanol–water partition coefficient (Wildman–Crippen LogP) is 1.17. The Bertz CT molecular complexity index is 270. The van der Waals surface area contributed by atoms with Crippen LogP contribution >= 0.6 is 0 Å². The molecule has 0 amide bonds. The van der Waals surface area contributed by atoms with Crippen molar-refractivity contribution < 1.29 is 4.57 Å². The van der Waals surface area contributed by atoms with Gasteiger partial charge in [0.15, 0.2) is 0 Å². The molecule has 3 heteroatoms. The maximum absolute atomic E-state index is 8.35. The number of aromatic amines is 1. The Morgan fingerprint density at radius 2 is 2.50 bits per heavy atom. The fraction of sp³-hybridized carbons (Fsp3) is 0.556. The summed E-state index contributed by atoms with van der Waals surface area (Å²) in [6, 6.07) is 2.14. The molecule has 1 rings (SSSR count). The van der Waals surface area contributed by atoms with Gasteiger partial charge in [-0.05, 0) is 6.42 Å². The largest absolute Gasteiger partial charge is 0.253 e. The number of aromatic nitrogens is 2. The fourth-order valence-electron chi connectivity index (χ4n) is 1.24. The Morgan fingerprint density at radius 1 is 1.67 bits per heavy atom. The zero-order valence-electron chi connectivity index (χ0n) is 7.38. The minimum atomic E-state index is 0.640. The summed E-state index contributed by atoms with van der Waals surface area (Å²) in [7, 11) is 0. The molecule has 64 valence electrons. The smallest absolute Gasteiger partial charge is 0.248 e. The molecule has 0 aromatic carbocycles. The number of hydrogen-bond donors (Lipinski definition) is 1. The highest BCUT2D eigenvalue weighted by atomic mass is 15.1. The highest BCUT2D eigenvalue weighted by molar-refractivity contribution is 4.75. The van der Waals surface area contributed by atoms with Crippen LogP contribution in [0.15, 0.2) is 12.4 Å². The number of nitrogens with zero attached hydrogens (tertiary/aromatic N) is 2. The Morgan fingerprint density at radius 3 is 3.17 bits per heavy atom.